The minimum atomic E-state index is -0.529. The maximum absolute atomic E-state index is 13.3. The van der Waals surface area contributed by atoms with Gasteiger partial charge in [0.15, 0.2) is 0 Å². The van der Waals surface area contributed by atoms with Crippen molar-refractivity contribution < 1.29 is 14.7 Å². The van der Waals surface area contributed by atoms with Crippen molar-refractivity contribution in [1.82, 2.24) is 14.8 Å². The molecule has 1 atom stereocenters. The molecule has 2 fully saturated rings. The fourth-order valence-electron chi connectivity index (χ4n) is 4.71. The van der Waals surface area contributed by atoms with Gasteiger partial charge in [0.1, 0.15) is 5.75 Å². The molecule has 0 radical (unpaired) electrons. The zero-order valence-corrected chi connectivity index (χ0v) is 17.0. The Hall–Kier alpha value is -3.09. The van der Waals surface area contributed by atoms with Crippen LogP contribution in [0.25, 0.3) is 0 Å². The van der Waals surface area contributed by atoms with E-state index >= 15 is 0 Å². The van der Waals surface area contributed by atoms with Crippen molar-refractivity contribution in [2.24, 2.45) is 5.41 Å². The van der Waals surface area contributed by atoms with E-state index in [1.54, 1.807) is 4.90 Å². The largest absolute Gasteiger partial charge is 0.507 e. The molecule has 4 rings (SSSR count). The molecule has 158 valence electrons. The quantitative estimate of drug-likeness (QED) is 0.791. The fourth-order valence-corrected chi connectivity index (χ4v) is 4.71. The third-order valence-corrected chi connectivity index (χ3v) is 6.33. The summed E-state index contributed by atoms with van der Waals surface area (Å²) >= 11 is 0. The summed E-state index contributed by atoms with van der Waals surface area (Å²) in [6.45, 7) is 2.33. The van der Waals surface area contributed by atoms with Gasteiger partial charge in [-0.15, -0.1) is 0 Å². The first-order chi connectivity index (χ1) is 14.5. The molecule has 1 aromatic heterocycles. The number of nitrogens with one attached hydrogen (secondary N) is 1. The Labute approximate surface area is 175 Å². The highest BCUT2D eigenvalue weighted by atomic mass is 16.3. The summed E-state index contributed by atoms with van der Waals surface area (Å²) in [5.41, 5.74) is 0.346. The predicted octanol–water partition coefficient (Wildman–Crippen LogP) is 2.17. The van der Waals surface area contributed by atoms with E-state index in [4.69, 9.17) is 0 Å². The summed E-state index contributed by atoms with van der Waals surface area (Å²) < 4.78 is 0. The standard InChI is InChI=1S/C23H27N3O4/c27-19-14-20(28)24-15-18(19)21(29)26-13-10-23(16-26)9-5-12-25(22(23)30)11-4-8-17-6-2-1-3-7-17/h1-3,6-7,14-15H,4-5,8-13,16H2,(H2,24,27,28)/t23-/m1/s1. The molecule has 0 aliphatic carbocycles. The number of aromatic amines is 1. The summed E-state index contributed by atoms with van der Waals surface area (Å²) in [6, 6.07) is 11.3. The first kappa shape index (κ1) is 20.2. The summed E-state index contributed by atoms with van der Waals surface area (Å²) in [6.07, 6.45) is 5.44. The minimum absolute atomic E-state index is 0.0645. The molecular weight excluding hydrogens is 382 g/mol. The highest BCUT2D eigenvalue weighted by molar-refractivity contribution is 5.97. The van der Waals surface area contributed by atoms with Crippen LogP contribution in [0.15, 0.2) is 47.4 Å². The molecule has 0 unspecified atom stereocenters. The molecule has 2 N–H and O–H groups in total. The van der Waals surface area contributed by atoms with Gasteiger partial charge in [-0.3, -0.25) is 14.4 Å². The highest BCUT2D eigenvalue weighted by Crippen LogP contribution is 2.40. The van der Waals surface area contributed by atoms with Crippen molar-refractivity contribution in [1.29, 1.82) is 0 Å². The number of H-pyrrole nitrogens is 1. The molecule has 2 aromatic rings. The molecule has 0 saturated carbocycles. The van der Waals surface area contributed by atoms with Crippen LogP contribution in [-0.4, -0.2) is 57.9 Å². The first-order valence-corrected chi connectivity index (χ1v) is 10.5. The van der Waals surface area contributed by atoms with Gasteiger partial charge in [0.05, 0.1) is 11.0 Å². The zero-order valence-electron chi connectivity index (χ0n) is 17.0. The van der Waals surface area contributed by atoms with Gasteiger partial charge in [0, 0.05) is 38.4 Å². The fraction of sp³-hybridized carbons (Fsp3) is 0.435. The van der Waals surface area contributed by atoms with E-state index in [1.807, 2.05) is 23.1 Å². The summed E-state index contributed by atoms with van der Waals surface area (Å²) in [5.74, 6) is -0.542. The number of hydrogen-bond acceptors (Lipinski definition) is 4. The number of aromatic nitrogens is 1. The third kappa shape index (κ3) is 3.97. The number of benzene rings is 1. The van der Waals surface area contributed by atoms with Crippen LogP contribution in [0.3, 0.4) is 0 Å². The second kappa shape index (κ2) is 8.34. The Bertz CT molecular complexity index is 987. The van der Waals surface area contributed by atoms with Crippen LogP contribution in [0, 0.1) is 5.41 Å². The second-order valence-corrected chi connectivity index (χ2v) is 8.34. The predicted molar refractivity (Wildman–Crippen MR) is 112 cm³/mol. The summed E-state index contributed by atoms with van der Waals surface area (Å²) in [7, 11) is 0. The smallest absolute Gasteiger partial charge is 0.259 e. The van der Waals surface area contributed by atoms with Crippen molar-refractivity contribution >= 4 is 11.8 Å². The number of hydrogen-bond donors (Lipinski definition) is 2. The van der Waals surface area contributed by atoms with Crippen LogP contribution >= 0.6 is 0 Å². The van der Waals surface area contributed by atoms with E-state index in [9.17, 15) is 19.5 Å². The van der Waals surface area contributed by atoms with E-state index in [-0.39, 0.29) is 23.1 Å². The highest BCUT2D eigenvalue weighted by Gasteiger charge is 2.49. The lowest BCUT2D eigenvalue weighted by Gasteiger charge is -2.39. The molecule has 7 nitrogen and oxygen atoms in total. The molecule has 0 bridgehead atoms. The van der Waals surface area contributed by atoms with Crippen LogP contribution < -0.4 is 5.56 Å². The number of piperidine rings is 1. The van der Waals surface area contributed by atoms with Gasteiger partial charge in [-0.2, -0.15) is 0 Å². The van der Waals surface area contributed by atoms with Gasteiger partial charge in [0.2, 0.25) is 5.91 Å². The normalized spacial score (nSPS) is 21.4. The topological polar surface area (TPSA) is 93.7 Å². The van der Waals surface area contributed by atoms with Crippen LogP contribution in [0.1, 0.15) is 41.6 Å². The van der Waals surface area contributed by atoms with Crippen LogP contribution in [0.5, 0.6) is 5.75 Å². The van der Waals surface area contributed by atoms with E-state index in [0.717, 1.165) is 44.8 Å². The van der Waals surface area contributed by atoms with Gasteiger partial charge < -0.3 is 19.9 Å². The monoisotopic (exact) mass is 409 g/mol. The van der Waals surface area contributed by atoms with E-state index in [1.165, 1.54) is 11.8 Å². The first-order valence-electron chi connectivity index (χ1n) is 10.5. The third-order valence-electron chi connectivity index (χ3n) is 6.33. The summed E-state index contributed by atoms with van der Waals surface area (Å²) in [5, 5.41) is 9.97. The molecule has 3 heterocycles. The molecule has 2 amide bonds. The molecule has 2 aliphatic heterocycles. The number of aryl methyl sites for hydroxylation is 1. The Balaban J connectivity index is 1.39. The maximum atomic E-state index is 13.3. The lowest BCUT2D eigenvalue weighted by molar-refractivity contribution is -0.145. The van der Waals surface area contributed by atoms with Crippen LogP contribution in [-0.2, 0) is 11.2 Å². The number of likely N-dealkylation sites (tertiary alicyclic amines) is 2. The van der Waals surface area contributed by atoms with Gasteiger partial charge in [0.25, 0.3) is 11.5 Å². The Morgan fingerprint density at radius 1 is 1.13 bits per heavy atom. The Morgan fingerprint density at radius 3 is 2.70 bits per heavy atom. The van der Waals surface area contributed by atoms with Gasteiger partial charge in [-0.25, -0.2) is 0 Å². The molecule has 2 saturated heterocycles. The maximum Gasteiger partial charge on any atom is 0.259 e. The molecular formula is C23H27N3O4. The van der Waals surface area contributed by atoms with Gasteiger partial charge in [-0.1, -0.05) is 30.3 Å². The van der Waals surface area contributed by atoms with Crippen molar-refractivity contribution in [3.8, 4) is 5.75 Å². The van der Waals surface area contributed by atoms with E-state index in [2.05, 4.69) is 17.1 Å². The lowest BCUT2D eigenvalue weighted by atomic mass is 9.78. The van der Waals surface area contributed by atoms with Crippen molar-refractivity contribution in [3.05, 3.63) is 64.1 Å². The number of nitrogens with zero attached hydrogens (tertiary/aromatic N) is 2. The molecule has 2 aliphatic rings. The van der Waals surface area contributed by atoms with Crippen LogP contribution in [0.2, 0.25) is 0 Å². The average molecular weight is 409 g/mol. The lowest BCUT2D eigenvalue weighted by Crippen LogP contribution is -2.50. The minimum Gasteiger partial charge on any atom is -0.507 e. The van der Waals surface area contributed by atoms with E-state index < -0.39 is 11.0 Å². The molecule has 1 aromatic carbocycles. The van der Waals surface area contributed by atoms with Crippen molar-refractivity contribution in [3.63, 3.8) is 0 Å². The number of amides is 2. The zero-order chi connectivity index (χ0) is 21.1. The molecule has 30 heavy (non-hydrogen) atoms. The number of carbonyl (C=O) groups is 2. The van der Waals surface area contributed by atoms with Crippen molar-refractivity contribution in [2.75, 3.05) is 26.2 Å². The number of rotatable bonds is 5. The Kier molecular flexibility index (Phi) is 5.61. The van der Waals surface area contributed by atoms with Crippen molar-refractivity contribution in [2.45, 2.75) is 32.1 Å². The molecule has 7 heteroatoms. The average Bonchev–Trinajstić information content (AvgIpc) is 3.17. The Morgan fingerprint density at radius 2 is 1.93 bits per heavy atom. The molecule has 1 spiro atoms. The van der Waals surface area contributed by atoms with Crippen LogP contribution in [0.4, 0.5) is 0 Å². The van der Waals surface area contributed by atoms with Gasteiger partial charge in [-0.05, 0) is 37.7 Å². The second-order valence-electron chi connectivity index (χ2n) is 8.34. The number of carbonyl (C=O) groups excluding carboxylic acids is 2. The summed E-state index contributed by atoms with van der Waals surface area (Å²) in [4.78, 5) is 43.4. The van der Waals surface area contributed by atoms with E-state index in [0.29, 0.717) is 19.5 Å². The SMILES string of the molecule is O=C(c1c[nH]c(=O)cc1O)N1CC[C@]2(CCCN(CCCc3ccccc3)C2=O)C1. The number of pyridine rings is 1. The van der Waals surface area contributed by atoms with Gasteiger partial charge >= 0.3 is 0 Å². The number of aromatic hydroxyl groups is 1.